The molecule has 3 nitrogen and oxygen atoms in total. The zero-order chi connectivity index (χ0) is 17.2. The Kier molecular flexibility index (Phi) is 6.41. The highest BCUT2D eigenvalue weighted by Gasteiger charge is 2.18. The van der Waals surface area contributed by atoms with E-state index in [1.807, 2.05) is 30.3 Å². The lowest BCUT2D eigenvalue weighted by atomic mass is 10.2. The zero-order valence-corrected chi connectivity index (χ0v) is 17.5. The number of halogens is 3. The summed E-state index contributed by atoms with van der Waals surface area (Å²) in [4.78, 5) is 9.61. The molecule has 26 heavy (non-hydrogen) atoms. The van der Waals surface area contributed by atoms with E-state index in [0.717, 1.165) is 44.1 Å². The zero-order valence-electron chi connectivity index (χ0n) is 14.2. The number of aromatic nitrogens is 1. The monoisotopic (exact) mass is 451 g/mol. The summed E-state index contributed by atoms with van der Waals surface area (Å²) in [7, 11) is 0. The summed E-state index contributed by atoms with van der Waals surface area (Å²) >= 11 is 12.1. The summed E-state index contributed by atoms with van der Waals surface area (Å²) in [6.07, 6.45) is 0. The van der Waals surface area contributed by atoms with Crippen molar-refractivity contribution >= 4 is 56.9 Å². The molecule has 1 aliphatic heterocycles. The molecule has 0 saturated carbocycles. The lowest BCUT2D eigenvalue weighted by Gasteiger charge is -2.35. The van der Waals surface area contributed by atoms with Gasteiger partial charge in [0.1, 0.15) is 5.82 Å². The number of hydrogen-bond donors (Lipinski definition) is 0. The number of rotatable bonds is 3. The molecule has 0 amide bonds. The van der Waals surface area contributed by atoms with Gasteiger partial charge in [0, 0.05) is 38.1 Å². The van der Waals surface area contributed by atoms with Crippen LogP contribution in [0.25, 0.3) is 10.9 Å². The molecule has 0 bridgehead atoms. The Labute approximate surface area is 174 Å². The maximum Gasteiger partial charge on any atom is 0.129 e. The van der Waals surface area contributed by atoms with Gasteiger partial charge in [-0.15, -0.1) is 17.0 Å². The molecule has 6 heteroatoms. The Hall–Kier alpha value is -1.33. The van der Waals surface area contributed by atoms with E-state index in [1.165, 1.54) is 10.9 Å². The predicted molar refractivity (Wildman–Crippen MR) is 116 cm³/mol. The SMILES string of the molecule is Br.Clc1ccc(CN2CCN(c3ccc4ccccc4n3)CC2)cc1Cl. The lowest BCUT2D eigenvalue weighted by molar-refractivity contribution is 0.249. The molecule has 3 aromatic rings. The van der Waals surface area contributed by atoms with E-state index in [4.69, 9.17) is 28.2 Å². The van der Waals surface area contributed by atoms with Crippen LogP contribution in [0.1, 0.15) is 5.56 Å². The molecule has 0 N–H and O–H groups in total. The highest BCUT2D eigenvalue weighted by Crippen LogP contribution is 2.24. The van der Waals surface area contributed by atoms with E-state index in [-0.39, 0.29) is 17.0 Å². The number of benzene rings is 2. The molecular weight excluding hydrogens is 433 g/mol. The second-order valence-electron chi connectivity index (χ2n) is 6.37. The van der Waals surface area contributed by atoms with Crippen LogP contribution in [0, 0.1) is 0 Å². The predicted octanol–water partition coefficient (Wildman–Crippen LogP) is 5.44. The minimum Gasteiger partial charge on any atom is -0.354 e. The molecule has 0 radical (unpaired) electrons. The summed E-state index contributed by atoms with van der Waals surface area (Å²) in [6.45, 7) is 4.87. The largest absolute Gasteiger partial charge is 0.354 e. The van der Waals surface area contributed by atoms with Crippen LogP contribution in [-0.4, -0.2) is 36.1 Å². The van der Waals surface area contributed by atoms with Gasteiger partial charge in [0.15, 0.2) is 0 Å². The van der Waals surface area contributed by atoms with Crippen molar-refractivity contribution in [2.24, 2.45) is 0 Å². The van der Waals surface area contributed by atoms with Gasteiger partial charge in [0.2, 0.25) is 0 Å². The minimum absolute atomic E-state index is 0. The van der Waals surface area contributed by atoms with Crippen molar-refractivity contribution in [3.05, 3.63) is 70.2 Å². The lowest BCUT2D eigenvalue weighted by Crippen LogP contribution is -2.46. The van der Waals surface area contributed by atoms with Crippen LogP contribution in [0.15, 0.2) is 54.6 Å². The average molecular weight is 453 g/mol. The van der Waals surface area contributed by atoms with E-state index in [0.29, 0.717) is 10.0 Å². The smallest absolute Gasteiger partial charge is 0.129 e. The third-order valence-electron chi connectivity index (χ3n) is 4.67. The van der Waals surface area contributed by atoms with Crippen LogP contribution in [-0.2, 0) is 6.54 Å². The van der Waals surface area contributed by atoms with Crippen molar-refractivity contribution < 1.29 is 0 Å². The summed E-state index contributed by atoms with van der Waals surface area (Å²) < 4.78 is 0. The molecule has 0 atom stereocenters. The fraction of sp³-hybridized carbons (Fsp3) is 0.250. The highest BCUT2D eigenvalue weighted by molar-refractivity contribution is 8.93. The Morgan fingerprint density at radius 2 is 1.62 bits per heavy atom. The number of nitrogens with zero attached hydrogens (tertiary/aromatic N) is 3. The maximum atomic E-state index is 6.12. The van der Waals surface area contributed by atoms with Gasteiger partial charge in [-0.2, -0.15) is 0 Å². The molecule has 4 rings (SSSR count). The number of pyridine rings is 1. The Morgan fingerprint density at radius 1 is 0.846 bits per heavy atom. The Morgan fingerprint density at radius 3 is 2.38 bits per heavy atom. The summed E-state index contributed by atoms with van der Waals surface area (Å²) in [6, 6.07) is 18.4. The van der Waals surface area contributed by atoms with Crippen LogP contribution in [0.2, 0.25) is 10.0 Å². The van der Waals surface area contributed by atoms with Gasteiger partial charge in [-0.25, -0.2) is 4.98 Å². The fourth-order valence-electron chi connectivity index (χ4n) is 3.26. The molecule has 2 heterocycles. The van der Waals surface area contributed by atoms with Crippen molar-refractivity contribution in [1.82, 2.24) is 9.88 Å². The molecule has 1 aliphatic rings. The van der Waals surface area contributed by atoms with E-state index in [9.17, 15) is 0 Å². The van der Waals surface area contributed by atoms with Crippen LogP contribution in [0.3, 0.4) is 0 Å². The fourth-order valence-corrected chi connectivity index (χ4v) is 3.58. The highest BCUT2D eigenvalue weighted by atomic mass is 79.9. The minimum atomic E-state index is 0. The molecule has 2 aromatic carbocycles. The first-order chi connectivity index (χ1) is 12.2. The molecule has 0 aliphatic carbocycles. The first kappa shape index (κ1) is 19.4. The summed E-state index contributed by atoms with van der Waals surface area (Å²) in [5, 5.41) is 2.42. The average Bonchev–Trinajstić information content (AvgIpc) is 2.65. The topological polar surface area (TPSA) is 19.4 Å². The third-order valence-corrected chi connectivity index (χ3v) is 5.41. The maximum absolute atomic E-state index is 6.12. The Balaban J connectivity index is 0.00000196. The van der Waals surface area contributed by atoms with E-state index in [2.05, 4.69) is 34.1 Å². The molecule has 1 fully saturated rings. The van der Waals surface area contributed by atoms with Gasteiger partial charge in [-0.3, -0.25) is 4.90 Å². The van der Waals surface area contributed by atoms with Crippen LogP contribution in [0.4, 0.5) is 5.82 Å². The molecule has 0 unspecified atom stereocenters. The molecular formula is C20H20BrCl2N3. The van der Waals surface area contributed by atoms with Crippen molar-refractivity contribution in [2.45, 2.75) is 6.54 Å². The molecule has 1 aromatic heterocycles. The second-order valence-corrected chi connectivity index (χ2v) is 7.19. The van der Waals surface area contributed by atoms with Crippen LogP contribution >= 0.6 is 40.2 Å². The number of fused-ring (bicyclic) bond motifs is 1. The second kappa shape index (κ2) is 8.57. The number of hydrogen-bond acceptors (Lipinski definition) is 3. The van der Waals surface area contributed by atoms with Gasteiger partial charge >= 0.3 is 0 Å². The van der Waals surface area contributed by atoms with Gasteiger partial charge in [-0.05, 0) is 35.9 Å². The first-order valence-corrected chi connectivity index (χ1v) is 9.22. The summed E-state index contributed by atoms with van der Waals surface area (Å²) in [5.74, 6) is 1.06. The quantitative estimate of drug-likeness (QED) is 0.527. The summed E-state index contributed by atoms with van der Waals surface area (Å²) in [5.41, 5.74) is 2.25. The third kappa shape index (κ3) is 4.32. The van der Waals surface area contributed by atoms with Gasteiger partial charge in [0.05, 0.1) is 15.6 Å². The van der Waals surface area contributed by atoms with Crippen molar-refractivity contribution in [1.29, 1.82) is 0 Å². The van der Waals surface area contributed by atoms with E-state index < -0.39 is 0 Å². The van der Waals surface area contributed by atoms with Gasteiger partial charge in [-0.1, -0.05) is 47.5 Å². The first-order valence-electron chi connectivity index (χ1n) is 8.46. The van der Waals surface area contributed by atoms with Crippen LogP contribution < -0.4 is 4.90 Å². The van der Waals surface area contributed by atoms with Gasteiger partial charge in [0.25, 0.3) is 0 Å². The van der Waals surface area contributed by atoms with Crippen molar-refractivity contribution in [2.75, 3.05) is 31.1 Å². The molecule has 0 spiro atoms. The van der Waals surface area contributed by atoms with Gasteiger partial charge < -0.3 is 4.90 Å². The number of para-hydroxylation sites is 1. The standard InChI is InChI=1S/C20H19Cl2N3.BrH/c21-17-7-5-15(13-18(17)22)14-24-9-11-25(12-10-24)20-8-6-16-3-1-2-4-19(16)23-20;/h1-8,13H,9-12,14H2;1H. The molecule has 136 valence electrons. The van der Waals surface area contributed by atoms with Crippen molar-refractivity contribution in [3.63, 3.8) is 0 Å². The van der Waals surface area contributed by atoms with E-state index in [1.54, 1.807) is 0 Å². The van der Waals surface area contributed by atoms with Crippen molar-refractivity contribution in [3.8, 4) is 0 Å². The molecule has 1 saturated heterocycles. The van der Waals surface area contributed by atoms with Crippen LogP contribution in [0.5, 0.6) is 0 Å². The number of piperazine rings is 1. The normalized spacial score (nSPS) is 15.1. The number of anilines is 1. The Bertz CT molecular complexity index is 895. The van der Waals surface area contributed by atoms with E-state index >= 15 is 0 Å².